The lowest BCUT2D eigenvalue weighted by Crippen LogP contribution is -2.63. The predicted octanol–water partition coefficient (Wildman–Crippen LogP) is 10.3. The largest absolute Gasteiger partial charge is 0.399 e. The van der Waals surface area contributed by atoms with Gasteiger partial charge in [0.15, 0.2) is 5.69 Å². The van der Waals surface area contributed by atoms with Gasteiger partial charge in [0.1, 0.15) is 23.5 Å². The van der Waals surface area contributed by atoms with Crippen LogP contribution in [0.2, 0.25) is 10.0 Å². The van der Waals surface area contributed by atoms with Crippen LogP contribution in [0.1, 0.15) is 145 Å². The molecular formula is C51H94Cl2N14O3S. The van der Waals surface area contributed by atoms with Crippen molar-refractivity contribution < 1.29 is 14.1 Å². The van der Waals surface area contributed by atoms with Gasteiger partial charge in [-0.1, -0.05) is 82.0 Å². The van der Waals surface area contributed by atoms with E-state index in [0.717, 1.165) is 120 Å². The van der Waals surface area contributed by atoms with E-state index in [1.165, 1.54) is 12.8 Å². The van der Waals surface area contributed by atoms with Crippen molar-refractivity contribution in [2.24, 2.45) is 5.16 Å². The number of rotatable bonds is 11. The number of nitrogens with one attached hydrogen (secondary N) is 1. The van der Waals surface area contributed by atoms with E-state index in [4.69, 9.17) is 37.3 Å². The Morgan fingerprint density at radius 3 is 1.97 bits per heavy atom. The van der Waals surface area contributed by atoms with Crippen LogP contribution in [-0.4, -0.2) is 161 Å². The van der Waals surface area contributed by atoms with Crippen LogP contribution < -0.4 is 5.32 Å². The third-order valence-corrected chi connectivity index (χ3v) is 13.5. The van der Waals surface area contributed by atoms with Gasteiger partial charge in [-0.2, -0.15) is 20.3 Å². The van der Waals surface area contributed by atoms with Gasteiger partial charge in [0.05, 0.1) is 40.3 Å². The minimum atomic E-state index is 0.459. The van der Waals surface area contributed by atoms with Crippen LogP contribution >= 0.6 is 35.0 Å². The number of hydrogen-bond donors (Lipinski definition) is 1. The number of hydrogen-bond acceptors (Lipinski definition) is 15. The monoisotopic (exact) mass is 1050 g/mol. The average molecular weight is 1050 g/mol. The Labute approximate surface area is 443 Å². The lowest BCUT2D eigenvalue weighted by molar-refractivity contribution is -0.0145. The second-order valence-corrected chi connectivity index (χ2v) is 19.5. The van der Waals surface area contributed by atoms with Crippen LogP contribution in [0.25, 0.3) is 11.5 Å². The van der Waals surface area contributed by atoms with Gasteiger partial charge in [0.25, 0.3) is 0 Å². The summed E-state index contributed by atoms with van der Waals surface area (Å²) in [6, 6.07) is 5.12. The van der Waals surface area contributed by atoms with E-state index in [1.807, 2.05) is 57.8 Å². The van der Waals surface area contributed by atoms with Crippen LogP contribution in [0, 0.1) is 6.92 Å². The standard InChI is InChI=1S/C13H21ClN4O.C12H23N3S.C11H14ClN5O.C9H18N2O.3C2H6/c1-9(2)17-6-5-7-18-11(8-17)12(14)13(15-18)10(3)16-19-4;1-6-14(10(3)4)9-11-8-12(16-5)13-15(11)7-2;1-7-13-11(15-18-7)10-9(12)8-6-16(2)4-3-5-17(8)14-10;1-7(2)11-3-8-5-12-6-9(4-11)10-8;3*1-2/h9H,5-8H2,1-4H3;8,10H,6-7,9H2,1-5H3;3-6H2,1-2H3;7-10H,3-6H2,1-2H3;3*1-2H3/b16-10+;;;;;;. The maximum absolute atomic E-state index is 6.47. The molecule has 4 aliphatic heterocycles. The Hall–Kier alpha value is -3.07. The first-order valence-corrected chi connectivity index (χ1v) is 28.3. The van der Waals surface area contributed by atoms with Crippen molar-refractivity contribution >= 4 is 40.7 Å². The highest BCUT2D eigenvalue weighted by atomic mass is 35.5. The summed E-state index contributed by atoms with van der Waals surface area (Å²) in [5, 5.41) is 27.4. The zero-order valence-corrected chi connectivity index (χ0v) is 49.6. The highest BCUT2D eigenvalue weighted by Gasteiger charge is 2.31. The molecule has 0 amide bonds. The lowest BCUT2D eigenvalue weighted by atomic mass is 10.1. The molecule has 8 heterocycles. The maximum atomic E-state index is 6.47. The van der Waals surface area contributed by atoms with E-state index < -0.39 is 0 Å². The first-order chi connectivity index (χ1) is 34.1. The highest BCUT2D eigenvalue weighted by Crippen LogP contribution is 2.31. The number of halogens is 2. The normalized spacial score (nSPS) is 18.1. The molecule has 2 saturated heterocycles. The quantitative estimate of drug-likeness (QED) is 0.0863. The molecule has 0 aromatic carbocycles. The van der Waals surface area contributed by atoms with Crippen LogP contribution in [0.3, 0.4) is 0 Å². The van der Waals surface area contributed by atoms with Gasteiger partial charge in [0.2, 0.25) is 11.7 Å². The number of fused-ring (bicyclic) bond motifs is 4. The minimum absolute atomic E-state index is 0.459. The van der Waals surface area contributed by atoms with E-state index in [2.05, 4.69) is 135 Å². The molecule has 4 aliphatic rings. The first-order valence-electron chi connectivity index (χ1n) is 26.3. The van der Waals surface area contributed by atoms with E-state index in [9.17, 15) is 0 Å². The zero-order chi connectivity index (χ0) is 53.4. The maximum Gasteiger partial charge on any atom is 0.224 e. The number of ether oxygens (including phenoxy) is 1. The number of aryl methyl sites for hydroxylation is 4. The zero-order valence-electron chi connectivity index (χ0n) is 47.3. The van der Waals surface area contributed by atoms with Crippen molar-refractivity contribution in [3.63, 3.8) is 0 Å². The van der Waals surface area contributed by atoms with E-state index in [-0.39, 0.29) is 0 Å². The lowest BCUT2D eigenvalue weighted by Gasteiger charge is -2.43. The molecule has 406 valence electrons. The summed E-state index contributed by atoms with van der Waals surface area (Å²) < 4.78 is 16.5. The van der Waals surface area contributed by atoms with Gasteiger partial charge in [-0.15, -0.1) is 11.8 Å². The number of nitrogens with zero attached hydrogens (tertiary/aromatic N) is 13. The van der Waals surface area contributed by atoms with Crippen LogP contribution in [0.5, 0.6) is 0 Å². The molecular weight excluding hydrogens is 960 g/mol. The molecule has 2 bridgehead atoms. The summed E-state index contributed by atoms with van der Waals surface area (Å²) in [4.78, 5) is 18.6. The Kier molecular flexibility index (Phi) is 30.4. The van der Waals surface area contributed by atoms with Crippen molar-refractivity contribution in [2.75, 3.05) is 66.4 Å². The van der Waals surface area contributed by atoms with Gasteiger partial charge in [-0.05, 0) is 94.1 Å². The van der Waals surface area contributed by atoms with E-state index in [0.29, 0.717) is 63.4 Å². The second kappa shape index (κ2) is 33.7. The van der Waals surface area contributed by atoms with Crippen LogP contribution in [0.4, 0.5) is 0 Å². The third kappa shape index (κ3) is 19.3. The fraction of sp³-hybridized carbons (Fsp3) is 0.765. The molecule has 2 fully saturated rings. The van der Waals surface area contributed by atoms with Gasteiger partial charge < -0.3 is 24.3 Å². The smallest absolute Gasteiger partial charge is 0.224 e. The third-order valence-electron chi connectivity index (χ3n) is 12.1. The summed E-state index contributed by atoms with van der Waals surface area (Å²) in [6.07, 6.45) is 4.22. The van der Waals surface area contributed by atoms with Crippen LogP contribution in [-0.2, 0) is 48.8 Å². The molecule has 71 heavy (non-hydrogen) atoms. The molecule has 4 aromatic heterocycles. The molecule has 17 nitrogen and oxygen atoms in total. The molecule has 4 aromatic rings. The number of piperazine rings is 1. The topological polar surface area (TPSA) is 148 Å². The summed E-state index contributed by atoms with van der Waals surface area (Å²) in [7, 11) is 3.61. The van der Waals surface area contributed by atoms with Crippen molar-refractivity contribution in [1.82, 2.24) is 64.4 Å². The fourth-order valence-corrected chi connectivity index (χ4v) is 9.43. The predicted molar refractivity (Wildman–Crippen MR) is 296 cm³/mol. The van der Waals surface area contributed by atoms with Gasteiger partial charge in [-0.3, -0.25) is 28.7 Å². The second-order valence-electron chi connectivity index (χ2n) is 18.0. The molecule has 8 rings (SSSR count). The summed E-state index contributed by atoms with van der Waals surface area (Å²) in [5.41, 5.74) is 5.47. The summed E-state index contributed by atoms with van der Waals surface area (Å²) in [6.45, 7) is 46.0. The van der Waals surface area contributed by atoms with Crippen molar-refractivity contribution in [3.05, 3.63) is 44.8 Å². The minimum Gasteiger partial charge on any atom is -0.399 e. The molecule has 20 heteroatoms. The first kappa shape index (κ1) is 64.0. The average Bonchev–Trinajstić information content (AvgIpc) is 4.06. The number of thioether (sulfide) groups is 1. The Morgan fingerprint density at radius 2 is 1.45 bits per heavy atom. The summed E-state index contributed by atoms with van der Waals surface area (Å²) in [5.74, 6) is 0.974. The van der Waals surface area contributed by atoms with Gasteiger partial charge in [-0.25, -0.2) is 0 Å². The Bertz CT molecular complexity index is 2090. The Balaban J connectivity index is 0.000000316. The van der Waals surface area contributed by atoms with E-state index >= 15 is 0 Å². The number of aromatic nitrogens is 8. The SMILES string of the molecule is CC.CC.CC.CC(C)N1CC2COCC(C1)N2.CCN(Cc1cc(SC)nn1CC)C(C)C.CO/N=C(\C)c1nn2c(c1Cl)CN(C(C)C)CCC2.Cc1nc(-c2nn3c(c2Cl)CN(C)CCC3)no1. The molecule has 2 unspecified atom stereocenters. The Morgan fingerprint density at radius 1 is 0.859 bits per heavy atom. The van der Waals surface area contributed by atoms with Gasteiger partial charge >= 0.3 is 0 Å². The van der Waals surface area contributed by atoms with Crippen molar-refractivity contribution in [2.45, 2.75) is 198 Å². The van der Waals surface area contributed by atoms with Crippen molar-refractivity contribution in [3.8, 4) is 11.5 Å². The highest BCUT2D eigenvalue weighted by molar-refractivity contribution is 7.98. The number of oxime groups is 1. The van der Waals surface area contributed by atoms with Gasteiger partial charge in [0, 0.05) is 103 Å². The molecule has 0 aliphatic carbocycles. The summed E-state index contributed by atoms with van der Waals surface area (Å²) >= 11 is 14.6. The molecule has 0 spiro atoms. The number of morpholine rings is 1. The van der Waals surface area contributed by atoms with Crippen molar-refractivity contribution in [1.29, 1.82) is 0 Å². The van der Waals surface area contributed by atoms with Crippen LogP contribution in [0.15, 0.2) is 20.8 Å². The molecule has 2 atom stereocenters. The van der Waals surface area contributed by atoms with E-state index in [1.54, 1.807) is 18.7 Å². The molecule has 0 saturated carbocycles. The fourth-order valence-electron chi connectivity index (χ4n) is 8.39. The molecule has 0 radical (unpaired) electrons. The molecule has 1 N–H and O–H groups in total.